The fraction of sp³-hybridized carbons (Fsp3) is 0.938. The van der Waals surface area contributed by atoms with Crippen molar-refractivity contribution in [2.45, 2.75) is 83.3 Å². The molecular weight excluding hydrogens is 240 g/mol. The summed E-state index contributed by atoms with van der Waals surface area (Å²) in [6, 6.07) is 0. The van der Waals surface area contributed by atoms with E-state index in [1.165, 1.54) is 19.3 Å². The maximum atomic E-state index is 12.3. The molecule has 0 amide bonds. The summed E-state index contributed by atoms with van der Waals surface area (Å²) in [6.07, 6.45) is 9.92. The van der Waals surface area contributed by atoms with Gasteiger partial charge in [0.15, 0.2) is 0 Å². The zero-order chi connectivity index (χ0) is 13.7. The molecule has 0 spiro atoms. The Morgan fingerprint density at radius 3 is 2.68 bits per heavy atom. The largest absolute Gasteiger partial charge is 0.459 e. The van der Waals surface area contributed by atoms with E-state index in [0.29, 0.717) is 5.92 Å². The molecule has 19 heavy (non-hydrogen) atoms. The lowest BCUT2D eigenvalue weighted by Crippen LogP contribution is -2.36. The minimum atomic E-state index is -0.437. The third kappa shape index (κ3) is 3.95. The second-order valence-corrected chi connectivity index (χ2v) is 6.27. The van der Waals surface area contributed by atoms with Crippen LogP contribution in [0, 0.1) is 11.8 Å². The van der Waals surface area contributed by atoms with Gasteiger partial charge in [-0.3, -0.25) is 4.79 Å². The molecule has 0 saturated heterocycles. The van der Waals surface area contributed by atoms with Gasteiger partial charge >= 0.3 is 5.97 Å². The van der Waals surface area contributed by atoms with Crippen molar-refractivity contribution < 1.29 is 14.6 Å². The molecule has 2 aliphatic carbocycles. The number of aliphatic hydroxyl groups excluding tert-OH is 1. The summed E-state index contributed by atoms with van der Waals surface area (Å²) >= 11 is 0. The molecule has 0 aliphatic heterocycles. The lowest BCUT2D eigenvalue weighted by atomic mass is 9.90. The summed E-state index contributed by atoms with van der Waals surface area (Å²) in [6.45, 7) is 2.20. The molecule has 4 atom stereocenters. The van der Waals surface area contributed by atoms with Gasteiger partial charge in [0.2, 0.25) is 0 Å². The normalized spacial score (nSPS) is 35.3. The first-order valence-corrected chi connectivity index (χ1v) is 8.11. The summed E-state index contributed by atoms with van der Waals surface area (Å²) in [7, 11) is 0. The van der Waals surface area contributed by atoms with Crippen molar-refractivity contribution in [3.8, 4) is 0 Å². The van der Waals surface area contributed by atoms with Crippen LogP contribution in [0.5, 0.6) is 0 Å². The van der Waals surface area contributed by atoms with Gasteiger partial charge in [0.05, 0.1) is 12.0 Å². The zero-order valence-corrected chi connectivity index (χ0v) is 12.1. The van der Waals surface area contributed by atoms with Gasteiger partial charge in [-0.1, -0.05) is 32.6 Å². The summed E-state index contributed by atoms with van der Waals surface area (Å²) in [5.41, 5.74) is 0. The number of carbonyl (C=O) groups is 1. The average molecular weight is 268 g/mol. The van der Waals surface area contributed by atoms with Crippen LogP contribution < -0.4 is 0 Å². The molecule has 110 valence electrons. The van der Waals surface area contributed by atoms with Crippen molar-refractivity contribution in [2.24, 2.45) is 11.8 Å². The molecule has 1 N–H and O–H groups in total. The summed E-state index contributed by atoms with van der Waals surface area (Å²) < 4.78 is 5.61. The van der Waals surface area contributed by atoms with Crippen LogP contribution in [0.2, 0.25) is 0 Å². The Hall–Kier alpha value is -0.570. The van der Waals surface area contributed by atoms with Gasteiger partial charge in [-0.05, 0) is 44.4 Å². The van der Waals surface area contributed by atoms with Crippen LogP contribution in [-0.4, -0.2) is 23.3 Å². The predicted octanol–water partition coefficient (Wildman–Crippen LogP) is 3.44. The Bertz CT molecular complexity index is 290. The topological polar surface area (TPSA) is 46.5 Å². The number of esters is 1. The van der Waals surface area contributed by atoms with Crippen molar-refractivity contribution in [1.29, 1.82) is 0 Å². The van der Waals surface area contributed by atoms with Crippen LogP contribution in [0.25, 0.3) is 0 Å². The smallest absolute Gasteiger partial charge is 0.309 e. The van der Waals surface area contributed by atoms with E-state index >= 15 is 0 Å². The van der Waals surface area contributed by atoms with Crippen LogP contribution in [0.3, 0.4) is 0 Å². The number of carbonyl (C=O) groups excluding carboxylic acids is 1. The average Bonchev–Trinajstić information content (AvgIpc) is 2.87. The lowest BCUT2D eigenvalue weighted by molar-refractivity contribution is -0.163. The van der Waals surface area contributed by atoms with E-state index in [9.17, 15) is 9.90 Å². The molecule has 2 aliphatic rings. The van der Waals surface area contributed by atoms with Gasteiger partial charge < -0.3 is 9.84 Å². The van der Waals surface area contributed by atoms with E-state index in [-0.39, 0.29) is 18.0 Å². The molecule has 3 heteroatoms. The van der Waals surface area contributed by atoms with E-state index in [4.69, 9.17) is 4.74 Å². The van der Waals surface area contributed by atoms with E-state index in [2.05, 4.69) is 6.92 Å². The molecule has 0 aromatic rings. The second-order valence-electron chi connectivity index (χ2n) is 6.27. The minimum Gasteiger partial charge on any atom is -0.459 e. The molecule has 0 unspecified atom stereocenters. The molecule has 0 radical (unpaired) electrons. The van der Waals surface area contributed by atoms with Crippen molar-refractivity contribution >= 4 is 5.97 Å². The number of hydrogen-bond donors (Lipinski definition) is 1. The number of aliphatic hydroxyl groups is 1. The number of hydrogen-bond acceptors (Lipinski definition) is 3. The molecule has 0 bridgehead atoms. The van der Waals surface area contributed by atoms with Crippen LogP contribution in [-0.2, 0) is 9.53 Å². The molecule has 3 nitrogen and oxygen atoms in total. The highest BCUT2D eigenvalue weighted by Crippen LogP contribution is 2.37. The van der Waals surface area contributed by atoms with Gasteiger partial charge in [-0.2, -0.15) is 0 Å². The zero-order valence-electron chi connectivity index (χ0n) is 12.1. The molecule has 0 aromatic heterocycles. The van der Waals surface area contributed by atoms with Gasteiger partial charge in [0.1, 0.15) is 6.10 Å². The van der Waals surface area contributed by atoms with Gasteiger partial charge in [-0.25, -0.2) is 0 Å². The predicted molar refractivity (Wildman–Crippen MR) is 74.7 cm³/mol. The van der Waals surface area contributed by atoms with Gasteiger partial charge in [0, 0.05) is 0 Å². The summed E-state index contributed by atoms with van der Waals surface area (Å²) in [4.78, 5) is 12.3. The van der Waals surface area contributed by atoms with Crippen LogP contribution in [0.1, 0.15) is 71.1 Å². The first-order valence-electron chi connectivity index (χ1n) is 8.11. The maximum Gasteiger partial charge on any atom is 0.309 e. The highest BCUT2D eigenvalue weighted by molar-refractivity contribution is 5.73. The lowest BCUT2D eigenvalue weighted by Gasteiger charge is -2.29. The van der Waals surface area contributed by atoms with Crippen LogP contribution in [0.15, 0.2) is 0 Å². The third-order valence-electron chi connectivity index (χ3n) is 4.83. The number of unbranched alkanes of at least 4 members (excludes halogenated alkanes) is 1. The first kappa shape index (κ1) is 14.8. The molecular formula is C16H28O3. The summed E-state index contributed by atoms with van der Waals surface area (Å²) in [5, 5.41) is 9.89. The third-order valence-corrected chi connectivity index (χ3v) is 4.83. The monoisotopic (exact) mass is 268 g/mol. The van der Waals surface area contributed by atoms with Crippen LogP contribution in [0.4, 0.5) is 0 Å². The summed E-state index contributed by atoms with van der Waals surface area (Å²) in [5.74, 6) is 0.582. The Labute approximate surface area is 116 Å². The first-order chi connectivity index (χ1) is 9.22. The maximum absolute atomic E-state index is 12.3. The van der Waals surface area contributed by atoms with Crippen molar-refractivity contribution in [3.63, 3.8) is 0 Å². The minimum absolute atomic E-state index is 0.0375. The Morgan fingerprint density at radius 1 is 1.16 bits per heavy atom. The Balaban J connectivity index is 1.84. The van der Waals surface area contributed by atoms with E-state index < -0.39 is 6.10 Å². The standard InChI is InChI=1S/C16H28O3/c1-2-3-7-12-8-6-9-13(12)16(18)19-15-11-5-4-10-14(15)17/h12-15,17H,2-11H2,1H3/t12-,13-,14+,15+/m0/s1. The van der Waals surface area contributed by atoms with E-state index in [1.54, 1.807) is 0 Å². The molecule has 0 aromatic carbocycles. The highest BCUT2D eigenvalue weighted by atomic mass is 16.6. The second kappa shape index (κ2) is 7.28. The highest BCUT2D eigenvalue weighted by Gasteiger charge is 2.36. The molecule has 0 heterocycles. The SMILES string of the molecule is CCCC[C@H]1CCC[C@@H]1C(=O)O[C@@H]1CCCC[C@H]1O. The number of rotatable bonds is 5. The number of ether oxygens (including phenoxy) is 1. The molecule has 2 rings (SSSR count). The van der Waals surface area contributed by atoms with Gasteiger partial charge in [0.25, 0.3) is 0 Å². The fourth-order valence-electron chi connectivity index (χ4n) is 3.61. The molecule has 2 fully saturated rings. The van der Waals surface area contributed by atoms with E-state index in [1.807, 2.05) is 0 Å². The quantitative estimate of drug-likeness (QED) is 0.777. The van der Waals surface area contributed by atoms with Gasteiger partial charge in [-0.15, -0.1) is 0 Å². The Morgan fingerprint density at radius 2 is 1.95 bits per heavy atom. The fourth-order valence-corrected chi connectivity index (χ4v) is 3.61. The molecule has 2 saturated carbocycles. The van der Waals surface area contributed by atoms with Crippen molar-refractivity contribution in [1.82, 2.24) is 0 Å². The van der Waals surface area contributed by atoms with Crippen molar-refractivity contribution in [3.05, 3.63) is 0 Å². The van der Waals surface area contributed by atoms with Crippen molar-refractivity contribution in [2.75, 3.05) is 0 Å². The Kier molecular flexibility index (Phi) is 5.68. The van der Waals surface area contributed by atoms with Crippen LogP contribution >= 0.6 is 0 Å². The van der Waals surface area contributed by atoms with E-state index in [0.717, 1.165) is 44.9 Å².